The molecule has 3 rings (SSSR count). The Hall–Kier alpha value is -2.70. The monoisotopic (exact) mass is 443 g/mol. The summed E-state index contributed by atoms with van der Waals surface area (Å²) < 4.78 is 48.7. The molecule has 0 fully saturated rings. The second-order valence-electron chi connectivity index (χ2n) is 6.51. The van der Waals surface area contributed by atoms with Crippen LogP contribution < -0.4 is 14.2 Å². The first kappa shape index (κ1) is 21.0. The molecule has 1 N–H and O–H groups in total. The van der Waals surface area contributed by atoms with Crippen molar-refractivity contribution in [3.63, 3.8) is 0 Å². The molecule has 1 aromatic carbocycles. The van der Waals surface area contributed by atoms with Gasteiger partial charge in [0, 0.05) is 5.02 Å². The number of hydrogen-bond acceptors (Lipinski definition) is 10. The van der Waals surface area contributed by atoms with Gasteiger partial charge in [-0.05, 0) is 55.4 Å². The summed E-state index contributed by atoms with van der Waals surface area (Å²) in [6.07, 6.45) is 0. The Labute approximate surface area is 171 Å². The van der Waals surface area contributed by atoms with E-state index in [0.29, 0.717) is 16.4 Å². The van der Waals surface area contributed by atoms with E-state index >= 15 is 0 Å². The molecule has 11 nitrogen and oxygen atoms in total. The van der Waals surface area contributed by atoms with E-state index in [2.05, 4.69) is 34.6 Å². The lowest BCUT2D eigenvalue weighted by Crippen LogP contribution is -2.54. The Morgan fingerprint density at radius 2 is 1.45 bits per heavy atom. The van der Waals surface area contributed by atoms with Gasteiger partial charge in [-0.25, -0.2) is 17.7 Å². The van der Waals surface area contributed by atoms with Crippen molar-refractivity contribution in [2.75, 3.05) is 13.2 Å². The molecule has 0 aliphatic heterocycles. The average molecular weight is 444 g/mol. The maximum absolute atomic E-state index is 12.9. The summed E-state index contributed by atoms with van der Waals surface area (Å²) in [6.45, 7) is 4.61. The van der Waals surface area contributed by atoms with Crippen LogP contribution in [0.2, 0.25) is 5.02 Å². The van der Waals surface area contributed by atoms with Gasteiger partial charge in [0.05, 0.1) is 10.4 Å². The molecule has 0 spiro atoms. The van der Waals surface area contributed by atoms with Crippen LogP contribution >= 0.6 is 11.6 Å². The van der Waals surface area contributed by atoms with Gasteiger partial charge in [0.1, 0.15) is 24.6 Å². The van der Waals surface area contributed by atoms with Gasteiger partial charge in [0.15, 0.2) is 0 Å². The summed E-state index contributed by atoms with van der Waals surface area (Å²) in [7, 11) is -3.92. The molecule has 13 heteroatoms. The molecular weight excluding hydrogens is 426 g/mol. The molecule has 0 aliphatic rings. The van der Waals surface area contributed by atoms with Crippen LogP contribution in [0.3, 0.4) is 0 Å². The zero-order valence-corrected chi connectivity index (χ0v) is 17.3. The fourth-order valence-electron chi connectivity index (χ4n) is 2.26. The van der Waals surface area contributed by atoms with Crippen LogP contribution in [0.1, 0.15) is 18.3 Å². The number of aryl methyl sites for hydroxylation is 2. The van der Waals surface area contributed by atoms with Crippen LogP contribution in [-0.4, -0.2) is 47.8 Å². The van der Waals surface area contributed by atoms with Crippen molar-refractivity contribution < 1.29 is 27.1 Å². The van der Waals surface area contributed by atoms with Gasteiger partial charge in [-0.3, -0.25) is 0 Å². The standard InChI is InChI=1S/C16H18ClN5O6S/c1-10-14(20-27-18-10)25-8-16(3,9-26-15-11(2)19-28-21-15)22-29(23,24)13-6-4-12(17)5-7-13/h4-7,22H,8-9H2,1-3H3. The van der Waals surface area contributed by atoms with Crippen LogP contribution in [0, 0.1) is 13.8 Å². The second kappa shape index (κ2) is 8.35. The molecule has 0 saturated carbocycles. The highest BCUT2D eigenvalue weighted by atomic mass is 35.5. The highest BCUT2D eigenvalue weighted by molar-refractivity contribution is 7.89. The van der Waals surface area contributed by atoms with Crippen molar-refractivity contribution in [2.45, 2.75) is 31.2 Å². The molecule has 3 aromatic rings. The van der Waals surface area contributed by atoms with Gasteiger partial charge in [0.25, 0.3) is 11.8 Å². The second-order valence-corrected chi connectivity index (χ2v) is 8.63. The summed E-state index contributed by atoms with van der Waals surface area (Å²) >= 11 is 5.84. The minimum atomic E-state index is -3.92. The van der Waals surface area contributed by atoms with Gasteiger partial charge in [-0.15, -0.1) is 0 Å². The van der Waals surface area contributed by atoms with Crippen LogP contribution in [0.25, 0.3) is 0 Å². The molecule has 29 heavy (non-hydrogen) atoms. The lowest BCUT2D eigenvalue weighted by Gasteiger charge is -2.29. The average Bonchev–Trinajstić information content (AvgIpc) is 3.26. The molecule has 0 unspecified atom stereocenters. The van der Waals surface area contributed by atoms with Crippen LogP contribution in [0.4, 0.5) is 0 Å². The Kier molecular flexibility index (Phi) is 6.05. The molecule has 0 amide bonds. The van der Waals surface area contributed by atoms with Crippen LogP contribution in [-0.2, 0) is 10.0 Å². The molecule has 0 aliphatic carbocycles. The number of benzene rings is 1. The predicted molar refractivity (Wildman–Crippen MR) is 99.2 cm³/mol. The number of nitrogens with one attached hydrogen (secondary N) is 1. The molecule has 156 valence electrons. The van der Waals surface area contributed by atoms with E-state index in [-0.39, 0.29) is 29.9 Å². The first-order valence-electron chi connectivity index (χ1n) is 8.32. The largest absolute Gasteiger partial charge is 0.472 e. The maximum atomic E-state index is 12.9. The predicted octanol–water partition coefficient (Wildman–Crippen LogP) is 1.92. The SMILES string of the molecule is Cc1nonc1OCC(C)(COc1nonc1C)NS(=O)(=O)c1ccc(Cl)cc1. The zero-order chi connectivity index (χ0) is 21.1. The van der Waals surface area contributed by atoms with Gasteiger partial charge in [-0.2, -0.15) is 4.72 Å². The van der Waals surface area contributed by atoms with E-state index in [9.17, 15) is 8.42 Å². The summed E-state index contributed by atoms with van der Waals surface area (Å²) in [4.78, 5) is 0.0340. The number of sulfonamides is 1. The third kappa shape index (κ3) is 5.22. The molecule has 0 saturated heterocycles. The van der Waals surface area contributed by atoms with Gasteiger partial charge >= 0.3 is 0 Å². The van der Waals surface area contributed by atoms with E-state index in [0.717, 1.165) is 0 Å². The molecule has 0 bridgehead atoms. The lowest BCUT2D eigenvalue weighted by molar-refractivity contribution is 0.132. The summed E-state index contributed by atoms with van der Waals surface area (Å²) in [5.74, 6) is 0.280. The fraction of sp³-hybridized carbons (Fsp3) is 0.375. The third-order valence-electron chi connectivity index (χ3n) is 3.78. The number of ether oxygens (including phenoxy) is 2. The number of hydrogen-bond donors (Lipinski definition) is 1. The van der Waals surface area contributed by atoms with Crippen molar-refractivity contribution in [3.05, 3.63) is 40.7 Å². The first-order valence-corrected chi connectivity index (χ1v) is 10.2. The molecular formula is C16H18ClN5O6S. The summed E-state index contributed by atoms with van der Waals surface area (Å²) in [5.41, 5.74) is -0.384. The highest BCUT2D eigenvalue weighted by Crippen LogP contribution is 2.20. The quantitative estimate of drug-likeness (QED) is 0.520. The van der Waals surface area contributed by atoms with E-state index in [1.165, 1.54) is 24.3 Å². The van der Waals surface area contributed by atoms with Crippen molar-refractivity contribution in [3.8, 4) is 11.8 Å². The van der Waals surface area contributed by atoms with E-state index in [4.69, 9.17) is 21.1 Å². The maximum Gasteiger partial charge on any atom is 0.278 e. The molecule has 2 heterocycles. The number of rotatable bonds is 9. The van der Waals surface area contributed by atoms with E-state index in [1.54, 1.807) is 20.8 Å². The topological polar surface area (TPSA) is 142 Å². The summed E-state index contributed by atoms with van der Waals surface area (Å²) in [5, 5.41) is 14.9. The number of halogens is 1. The summed E-state index contributed by atoms with van der Waals surface area (Å²) in [6, 6.07) is 5.75. The van der Waals surface area contributed by atoms with Crippen molar-refractivity contribution >= 4 is 21.6 Å². The van der Waals surface area contributed by atoms with Crippen molar-refractivity contribution in [1.82, 2.24) is 25.3 Å². The Balaban J connectivity index is 1.81. The third-order valence-corrected chi connectivity index (χ3v) is 5.69. The van der Waals surface area contributed by atoms with Crippen LogP contribution in [0.15, 0.2) is 38.4 Å². The van der Waals surface area contributed by atoms with Crippen LogP contribution in [0.5, 0.6) is 11.8 Å². The Bertz CT molecular complexity index is 1020. The van der Waals surface area contributed by atoms with E-state index in [1.807, 2.05) is 0 Å². The highest BCUT2D eigenvalue weighted by Gasteiger charge is 2.34. The molecule has 0 atom stereocenters. The van der Waals surface area contributed by atoms with Crippen molar-refractivity contribution in [1.29, 1.82) is 0 Å². The molecule has 2 aromatic heterocycles. The minimum absolute atomic E-state index is 0.0340. The Morgan fingerprint density at radius 3 is 1.86 bits per heavy atom. The van der Waals surface area contributed by atoms with Gasteiger partial charge in [-0.1, -0.05) is 21.9 Å². The smallest absolute Gasteiger partial charge is 0.278 e. The normalized spacial score (nSPS) is 12.1. The minimum Gasteiger partial charge on any atom is -0.472 e. The fourth-order valence-corrected chi connectivity index (χ4v) is 3.77. The number of nitrogens with zero attached hydrogens (tertiary/aromatic N) is 4. The van der Waals surface area contributed by atoms with Gasteiger partial charge in [0.2, 0.25) is 10.0 Å². The van der Waals surface area contributed by atoms with E-state index < -0.39 is 15.6 Å². The first-order chi connectivity index (χ1) is 13.7. The van der Waals surface area contributed by atoms with Crippen molar-refractivity contribution in [2.24, 2.45) is 0 Å². The lowest BCUT2D eigenvalue weighted by atomic mass is 10.1. The zero-order valence-electron chi connectivity index (χ0n) is 15.7. The Morgan fingerprint density at radius 1 is 0.966 bits per heavy atom. The molecule has 0 radical (unpaired) electrons. The number of aromatic nitrogens is 4. The van der Waals surface area contributed by atoms with Gasteiger partial charge < -0.3 is 9.47 Å².